The van der Waals surface area contributed by atoms with Crippen LogP contribution in [0.2, 0.25) is 0 Å². The smallest absolute Gasteiger partial charge is 0.275 e. The maximum Gasteiger partial charge on any atom is 0.275 e. The Labute approximate surface area is 223 Å². The number of likely N-dealkylation sites (tertiary alicyclic amines) is 1. The molecule has 1 aliphatic heterocycles. The first kappa shape index (κ1) is 26.7. The number of nitrogens with one attached hydrogen (secondary N) is 1. The number of nitrogens with zero attached hydrogens (tertiary/aromatic N) is 2. The molecule has 3 aromatic carbocycles. The van der Waals surface area contributed by atoms with Gasteiger partial charge >= 0.3 is 0 Å². The molecule has 4 rings (SSSR count). The Hall–Kier alpha value is -4.33. The first-order valence-corrected chi connectivity index (χ1v) is 12.7. The standard InChI is InChI=1S/C30H33N3O5/c1-21-7-13-25(27(17-21)36-2)29(34)32-31-19-23-10-14-26(28(18-23)37-3)38-20-22-8-11-24(12-9-22)30(35)33-15-5-4-6-16-33/h7-14,17-19H,4-6,15-16,20H2,1-3H3,(H,32,34)/b31-19-. The second-order valence-corrected chi connectivity index (χ2v) is 9.15. The summed E-state index contributed by atoms with van der Waals surface area (Å²) in [5.74, 6) is 1.33. The van der Waals surface area contributed by atoms with Crippen LogP contribution in [0.3, 0.4) is 0 Å². The average Bonchev–Trinajstić information content (AvgIpc) is 2.96. The van der Waals surface area contributed by atoms with Gasteiger partial charge in [0.1, 0.15) is 12.4 Å². The Kier molecular flexibility index (Phi) is 8.98. The van der Waals surface area contributed by atoms with Crippen LogP contribution in [0.4, 0.5) is 0 Å². The minimum Gasteiger partial charge on any atom is -0.496 e. The lowest BCUT2D eigenvalue weighted by Crippen LogP contribution is -2.35. The maximum absolute atomic E-state index is 12.7. The fraction of sp³-hybridized carbons (Fsp3) is 0.300. The van der Waals surface area contributed by atoms with Crippen LogP contribution >= 0.6 is 0 Å². The molecule has 1 aliphatic rings. The van der Waals surface area contributed by atoms with E-state index < -0.39 is 0 Å². The number of hydrazone groups is 1. The zero-order valence-electron chi connectivity index (χ0n) is 22.0. The van der Waals surface area contributed by atoms with Crippen molar-refractivity contribution in [2.24, 2.45) is 5.10 Å². The van der Waals surface area contributed by atoms with E-state index >= 15 is 0 Å². The second-order valence-electron chi connectivity index (χ2n) is 9.15. The third kappa shape index (κ3) is 6.70. The molecular weight excluding hydrogens is 482 g/mol. The van der Waals surface area contributed by atoms with E-state index in [1.165, 1.54) is 19.7 Å². The van der Waals surface area contributed by atoms with Crippen LogP contribution in [0.5, 0.6) is 17.2 Å². The van der Waals surface area contributed by atoms with Gasteiger partial charge in [-0.3, -0.25) is 9.59 Å². The molecule has 0 saturated carbocycles. The molecule has 38 heavy (non-hydrogen) atoms. The lowest BCUT2D eigenvalue weighted by Gasteiger charge is -2.26. The number of ether oxygens (including phenoxy) is 3. The lowest BCUT2D eigenvalue weighted by molar-refractivity contribution is 0.0724. The highest BCUT2D eigenvalue weighted by atomic mass is 16.5. The molecule has 0 atom stereocenters. The summed E-state index contributed by atoms with van der Waals surface area (Å²) in [6.07, 6.45) is 4.86. The second kappa shape index (κ2) is 12.8. The summed E-state index contributed by atoms with van der Waals surface area (Å²) in [6, 6.07) is 18.3. The predicted octanol–water partition coefficient (Wildman–Crippen LogP) is 4.98. The first-order chi connectivity index (χ1) is 18.5. The van der Waals surface area contributed by atoms with E-state index in [2.05, 4.69) is 10.5 Å². The van der Waals surface area contributed by atoms with Crippen LogP contribution < -0.4 is 19.6 Å². The van der Waals surface area contributed by atoms with E-state index in [1.54, 1.807) is 31.4 Å². The van der Waals surface area contributed by atoms with Crippen molar-refractivity contribution in [2.75, 3.05) is 27.3 Å². The molecule has 1 N–H and O–H groups in total. The molecule has 1 saturated heterocycles. The van der Waals surface area contributed by atoms with E-state index in [4.69, 9.17) is 14.2 Å². The minimum atomic E-state index is -0.367. The number of piperidine rings is 1. The number of rotatable bonds is 9. The highest BCUT2D eigenvalue weighted by Crippen LogP contribution is 2.28. The van der Waals surface area contributed by atoms with Gasteiger partial charge in [-0.05, 0) is 85.3 Å². The molecule has 8 heteroatoms. The number of hydrogen-bond acceptors (Lipinski definition) is 6. The maximum atomic E-state index is 12.7. The van der Waals surface area contributed by atoms with Crippen LogP contribution in [0.1, 0.15) is 56.7 Å². The molecule has 0 aromatic heterocycles. The Balaban J connectivity index is 1.34. The van der Waals surface area contributed by atoms with Crippen molar-refractivity contribution in [1.29, 1.82) is 0 Å². The summed E-state index contributed by atoms with van der Waals surface area (Å²) >= 11 is 0. The summed E-state index contributed by atoms with van der Waals surface area (Å²) in [4.78, 5) is 27.1. The van der Waals surface area contributed by atoms with Crippen molar-refractivity contribution in [1.82, 2.24) is 10.3 Å². The van der Waals surface area contributed by atoms with Crippen molar-refractivity contribution in [3.63, 3.8) is 0 Å². The molecule has 1 fully saturated rings. The van der Waals surface area contributed by atoms with Gasteiger partial charge in [-0.2, -0.15) is 5.10 Å². The van der Waals surface area contributed by atoms with Gasteiger partial charge in [-0.15, -0.1) is 0 Å². The molecule has 0 radical (unpaired) electrons. The van der Waals surface area contributed by atoms with Gasteiger partial charge < -0.3 is 19.1 Å². The third-order valence-electron chi connectivity index (χ3n) is 6.41. The number of methoxy groups -OCH3 is 2. The van der Waals surface area contributed by atoms with Crippen LogP contribution in [0.25, 0.3) is 0 Å². The Morgan fingerprint density at radius 3 is 2.34 bits per heavy atom. The number of benzene rings is 3. The highest BCUT2D eigenvalue weighted by Gasteiger charge is 2.18. The zero-order valence-corrected chi connectivity index (χ0v) is 22.0. The summed E-state index contributed by atoms with van der Waals surface area (Å²) < 4.78 is 16.8. The molecule has 0 unspecified atom stereocenters. The fourth-order valence-corrected chi connectivity index (χ4v) is 4.28. The zero-order chi connectivity index (χ0) is 26.9. The Morgan fingerprint density at radius 1 is 0.895 bits per heavy atom. The van der Waals surface area contributed by atoms with Crippen LogP contribution in [0.15, 0.2) is 65.8 Å². The van der Waals surface area contributed by atoms with Gasteiger partial charge in [-0.25, -0.2) is 5.43 Å². The first-order valence-electron chi connectivity index (χ1n) is 12.7. The van der Waals surface area contributed by atoms with E-state index in [1.807, 2.05) is 48.2 Å². The lowest BCUT2D eigenvalue weighted by atomic mass is 10.1. The summed E-state index contributed by atoms with van der Waals surface area (Å²) in [5, 5.41) is 4.06. The molecule has 0 bridgehead atoms. The van der Waals surface area contributed by atoms with E-state index in [0.29, 0.717) is 35.0 Å². The van der Waals surface area contributed by atoms with Crippen molar-refractivity contribution in [3.05, 3.63) is 88.5 Å². The van der Waals surface area contributed by atoms with Gasteiger partial charge in [-0.1, -0.05) is 18.2 Å². The number of amides is 2. The van der Waals surface area contributed by atoms with Gasteiger partial charge in [0.25, 0.3) is 11.8 Å². The molecule has 0 aliphatic carbocycles. The monoisotopic (exact) mass is 515 g/mol. The Bertz CT molecular complexity index is 1300. The number of carbonyl (C=O) groups is 2. The van der Waals surface area contributed by atoms with E-state index in [0.717, 1.165) is 42.6 Å². The van der Waals surface area contributed by atoms with Gasteiger partial charge in [0.05, 0.1) is 26.0 Å². The van der Waals surface area contributed by atoms with Gasteiger partial charge in [0.15, 0.2) is 11.5 Å². The van der Waals surface area contributed by atoms with E-state index in [-0.39, 0.29) is 11.8 Å². The summed E-state index contributed by atoms with van der Waals surface area (Å²) in [6.45, 7) is 3.92. The largest absolute Gasteiger partial charge is 0.496 e. The number of carbonyl (C=O) groups excluding carboxylic acids is 2. The molecule has 198 valence electrons. The molecule has 8 nitrogen and oxygen atoms in total. The fourth-order valence-electron chi connectivity index (χ4n) is 4.28. The number of hydrogen-bond donors (Lipinski definition) is 1. The average molecular weight is 516 g/mol. The molecule has 2 amide bonds. The Morgan fingerprint density at radius 2 is 1.63 bits per heavy atom. The van der Waals surface area contributed by atoms with Crippen LogP contribution in [-0.4, -0.2) is 50.2 Å². The van der Waals surface area contributed by atoms with E-state index in [9.17, 15) is 9.59 Å². The normalized spacial score (nSPS) is 13.3. The van der Waals surface area contributed by atoms with Crippen molar-refractivity contribution in [2.45, 2.75) is 32.8 Å². The molecule has 3 aromatic rings. The third-order valence-corrected chi connectivity index (χ3v) is 6.41. The topological polar surface area (TPSA) is 89.5 Å². The highest BCUT2D eigenvalue weighted by molar-refractivity contribution is 5.97. The van der Waals surface area contributed by atoms with Crippen molar-refractivity contribution < 1.29 is 23.8 Å². The number of aryl methyl sites for hydroxylation is 1. The molecule has 1 heterocycles. The molecule has 0 spiro atoms. The van der Waals surface area contributed by atoms with Gasteiger partial charge in [0, 0.05) is 18.7 Å². The van der Waals surface area contributed by atoms with Crippen molar-refractivity contribution >= 4 is 18.0 Å². The van der Waals surface area contributed by atoms with Gasteiger partial charge in [0.2, 0.25) is 0 Å². The quantitative estimate of drug-likeness (QED) is 0.321. The van der Waals surface area contributed by atoms with Crippen LogP contribution in [-0.2, 0) is 6.61 Å². The molecular formula is C30H33N3O5. The SMILES string of the molecule is COc1cc(/C=N\NC(=O)c2ccc(C)cc2OC)ccc1OCc1ccc(C(=O)N2CCCCC2)cc1. The predicted molar refractivity (Wildman–Crippen MR) is 146 cm³/mol. The van der Waals surface area contributed by atoms with Crippen molar-refractivity contribution in [3.8, 4) is 17.2 Å². The van der Waals surface area contributed by atoms with Crippen LogP contribution in [0, 0.1) is 6.92 Å². The summed E-state index contributed by atoms with van der Waals surface area (Å²) in [7, 11) is 3.09. The summed E-state index contributed by atoms with van der Waals surface area (Å²) in [5.41, 5.74) is 6.30. The minimum absolute atomic E-state index is 0.0882.